The molecule has 0 saturated carbocycles. The number of carbonyl (C=O) groups is 1. The van der Waals surface area contributed by atoms with Crippen LogP contribution in [0.4, 0.5) is 0 Å². The number of aryl methyl sites for hydroxylation is 1. The summed E-state index contributed by atoms with van der Waals surface area (Å²) < 4.78 is 5.72. The molecule has 0 spiro atoms. The number of benzene rings is 1. The molecule has 0 aliphatic rings. The third-order valence-electron chi connectivity index (χ3n) is 2.53. The number of carbonyl (C=O) groups excluding carboxylic acids is 1. The van der Waals surface area contributed by atoms with Crippen LogP contribution in [0.25, 0.3) is 0 Å². The van der Waals surface area contributed by atoms with Gasteiger partial charge in [0.25, 0.3) is 5.91 Å². The molecule has 5 nitrogen and oxygen atoms in total. The molecule has 1 aromatic heterocycles. The first-order valence-electron chi connectivity index (χ1n) is 5.54. The lowest BCUT2D eigenvalue weighted by atomic mass is 10.2. The van der Waals surface area contributed by atoms with Crippen molar-refractivity contribution in [3.05, 3.63) is 50.8 Å². The molecule has 20 heavy (non-hydrogen) atoms. The summed E-state index contributed by atoms with van der Waals surface area (Å²) in [6.45, 7) is 1.68. The van der Waals surface area contributed by atoms with Gasteiger partial charge in [0.05, 0.1) is 23.1 Å². The van der Waals surface area contributed by atoms with E-state index >= 15 is 0 Å². The Morgan fingerprint density at radius 1 is 1.55 bits per heavy atom. The molecule has 1 amide bonds. The Bertz CT molecular complexity index is 682. The number of hydrogen-bond donors (Lipinski definition) is 2. The second-order valence-corrected chi connectivity index (χ2v) is 5.24. The number of nitrogens with one attached hydrogen (secondary N) is 1. The van der Waals surface area contributed by atoms with Gasteiger partial charge in [0.15, 0.2) is 0 Å². The second-order valence-electron chi connectivity index (χ2n) is 3.92. The van der Waals surface area contributed by atoms with E-state index in [0.717, 1.165) is 0 Å². The number of nitrogens with zero attached hydrogens (tertiary/aromatic N) is 1. The number of hydrazone groups is 1. The van der Waals surface area contributed by atoms with Crippen LogP contribution >= 0.6 is 27.5 Å². The van der Waals surface area contributed by atoms with Crippen molar-refractivity contribution in [2.45, 2.75) is 6.92 Å². The van der Waals surface area contributed by atoms with Gasteiger partial charge in [-0.15, -0.1) is 0 Å². The lowest BCUT2D eigenvalue weighted by Gasteiger charge is -2.02. The highest BCUT2D eigenvalue weighted by Gasteiger charge is 2.10. The maximum Gasteiger partial charge on any atom is 0.274 e. The van der Waals surface area contributed by atoms with Crippen LogP contribution in [0.1, 0.15) is 21.7 Å². The van der Waals surface area contributed by atoms with Gasteiger partial charge in [0.1, 0.15) is 11.5 Å². The number of halogens is 2. The maximum atomic E-state index is 11.8. The predicted octanol–water partition coefficient (Wildman–Crippen LogP) is 3.47. The van der Waals surface area contributed by atoms with E-state index in [1.807, 2.05) is 0 Å². The molecule has 0 aliphatic heterocycles. The molecular formula is C13H10BrClN2O3. The lowest BCUT2D eigenvalue weighted by molar-refractivity contribution is 0.0953. The summed E-state index contributed by atoms with van der Waals surface area (Å²) in [6.07, 6.45) is 2.73. The zero-order valence-electron chi connectivity index (χ0n) is 10.4. The van der Waals surface area contributed by atoms with Crippen LogP contribution in [0.5, 0.6) is 5.75 Å². The van der Waals surface area contributed by atoms with Crippen molar-refractivity contribution in [1.82, 2.24) is 5.43 Å². The van der Waals surface area contributed by atoms with E-state index < -0.39 is 5.91 Å². The number of phenols is 1. The monoisotopic (exact) mass is 356 g/mol. The summed E-state index contributed by atoms with van der Waals surface area (Å²) in [5, 5.41) is 13.7. The molecule has 0 unspecified atom stereocenters. The molecule has 2 N–H and O–H groups in total. The van der Waals surface area contributed by atoms with E-state index in [2.05, 4.69) is 26.5 Å². The third kappa shape index (κ3) is 3.20. The van der Waals surface area contributed by atoms with E-state index in [4.69, 9.17) is 16.0 Å². The molecule has 0 fully saturated rings. The Kier molecular flexibility index (Phi) is 4.46. The molecule has 0 saturated heterocycles. The van der Waals surface area contributed by atoms with E-state index in [1.165, 1.54) is 12.5 Å². The Labute approximate surface area is 128 Å². The minimum Gasteiger partial charge on any atom is -0.506 e. The van der Waals surface area contributed by atoms with Gasteiger partial charge in [0.2, 0.25) is 0 Å². The minimum atomic E-state index is -0.395. The van der Waals surface area contributed by atoms with Crippen molar-refractivity contribution in [3.8, 4) is 5.75 Å². The molecule has 0 aliphatic carbocycles. The Balaban J connectivity index is 2.11. The Morgan fingerprint density at radius 3 is 2.95 bits per heavy atom. The van der Waals surface area contributed by atoms with Crippen LogP contribution < -0.4 is 5.43 Å². The van der Waals surface area contributed by atoms with Crippen LogP contribution in [0.3, 0.4) is 0 Å². The van der Waals surface area contributed by atoms with Gasteiger partial charge in [0, 0.05) is 10.0 Å². The second kappa shape index (κ2) is 6.11. The maximum absolute atomic E-state index is 11.8. The van der Waals surface area contributed by atoms with E-state index in [9.17, 15) is 9.90 Å². The number of amides is 1. The topological polar surface area (TPSA) is 74.8 Å². The summed E-state index contributed by atoms with van der Waals surface area (Å²) >= 11 is 9.07. The molecule has 104 valence electrons. The summed E-state index contributed by atoms with van der Waals surface area (Å²) in [6, 6.07) is 4.73. The fourth-order valence-electron chi connectivity index (χ4n) is 1.53. The first kappa shape index (κ1) is 14.6. The van der Waals surface area contributed by atoms with Crippen molar-refractivity contribution in [3.63, 3.8) is 0 Å². The summed E-state index contributed by atoms with van der Waals surface area (Å²) in [4.78, 5) is 11.8. The van der Waals surface area contributed by atoms with Crippen LogP contribution in [0.15, 0.2) is 38.5 Å². The molecule has 7 heteroatoms. The molecule has 2 aromatic rings. The molecule has 2 rings (SSSR count). The van der Waals surface area contributed by atoms with Gasteiger partial charge in [-0.2, -0.15) is 5.10 Å². The van der Waals surface area contributed by atoms with Gasteiger partial charge in [-0.05, 0) is 25.1 Å². The average Bonchev–Trinajstić information content (AvgIpc) is 2.81. The summed E-state index contributed by atoms with van der Waals surface area (Å²) in [5.74, 6) is 0.00601. The van der Waals surface area contributed by atoms with Crippen molar-refractivity contribution < 1.29 is 14.3 Å². The van der Waals surface area contributed by atoms with Crippen molar-refractivity contribution in [2.24, 2.45) is 5.10 Å². The quantitative estimate of drug-likeness (QED) is 0.652. The van der Waals surface area contributed by atoms with E-state index in [0.29, 0.717) is 21.4 Å². The van der Waals surface area contributed by atoms with Gasteiger partial charge in [-0.3, -0.25) is 4.79 Å². The Morgan fingerprint density at radius 2 is 2.30 bits per heavy atom. The molecule has 0 atom stereocenters. The van der Waals surface area contributed by atoms with Crippen molar-refractivity contribution in [2.75, 3.05) is 0 Å². The predicted molar refractivity (Wildman–Crippen MR) is 79.3 cm³/mol. The number of aromatic hydroxyl groups is 1. The number of furan rings is 1. The van der Waals surface area contributed by atoms with Gasteiger partial charge in [-0.25, -0.2) is 5.43 Å². The summed E-state index contributed by atoms with van der Waals surface area (Å²) in [5.41, 5.74) is 3.13. The van der Waals surface area contributed by atoms with Gasteiger partial charge in [-0.1, -0.05) is 27.5 Å². The highest BCUT2D eigenvalue weighted by molar-refractivity contribution is 9.10. The smallest absolute Gasteiger partial charge is 0.274 e. The Hall–Kier alpha value is -1.79. The van der Waals surface area contributed by atoms with Crippen LogP contribution in [0, 0.1) is 6.92 Å². The normalized spacial score (nSPS) is 10.9. The fraction of sp³-hybridized carbons (Fsp3) is 0.0769. The van der Waals surface area contributed by atoms with Crippen LogP contribution in [-0.4, -0.2) is 17.2 Å². The summed E-state index contributed by atoms with van der Waals surface area (Å²) in [7, 11) is 0. The zero-order chi connectivity index (χ0) is 14.7. The molecule has 0 bridgehead atoms. The van der Waals surface area contributed by atoms with Crippen molar-refractivity contribution >= 4 is 39.7 Å². The highest BCUT2D eigenvalue weighted by atomic mass is 79.9. The zero-order valence-corrected chi connectivity index (χ0v) is 12.7. The van der Waals surface area contributed by atoms with Gasteiger partial charge >= 0.3 is 0 Å². The molecular weight excluding hydrogens is 348 g/mol. The molecule has 0 radical (unpaired) electrons. The van der Waals surface area contributed by atoms with E-state index in [1.54, 1.807) is 25.1 Å². The largest absolute Gasteiger partial charge is 0.506 e. The first-order chi connectivity index (χ1) is 9.49. The van der Waals surface area contributed by atoms with E-state index in [-0.39, 0.29) is 10.8 Å². The first-order valence-corrected chi connectivity index (χ1v) is 6.71. The standard InChI is InChI=1S/C13H10BrClN2O3/c1-7-10(2-3-20-7)13(19)17-16-6-8-4-9(14)5-11(15)12(8)18/h2-6,18H,1H3,(H,17,19). The van der Waals surface area contributed by atoms with Gasteiger partial charge < -0.3 is 9.52 Å². The minimum absolute atomic E-state index is 0.104. The SMILES string of the molecule is Cc1occc1C(=O)NN=Cc1cc(Br)cc(Cl)c1O. The number of hydrogen-bond acceptors (Lipinski definition) is 4. The fourth-order valence-corrected chi connectivity index (χ4v) is 2.36. The lowest BCUT2D eigenvalue weighted by Crippen LogP contribution is -2.17. The molecule has 1 aromatic carbocycles. The third-order valence-corrected chi connectivity index (χ3v) is 3.28. The van der Waals surface area contributed by atoms with Crippen molar-refractivity contribution in [1.29, 1.82) is 0 Å². The number of rotatable bonds is 3. The average molecular weight is 358 g/mol. The van der Waals surface area contributed by atoms with Crippen LogP contribution in [0.2, 0.25) is 5.02 Å². The highest BCUT2D eigenvalue weighted by Crippen LogP contribution is 2.30. The number of phenolic OH excluding ortho intramolecular Hbond substituents is 1. The van der Waals surface area contributed by atoms with Crippen LogP contribution in [-0.2, 0) is 0 Å². The molecule has 1 heterocycles.